The van der Waals surface area contributed by atoms with E-state index in [1.54, 1.807) is 11.0 Å². The predicted octanol–water partition coefficient (Wildman–Crippen LogP) is 4.14. The smallest absolute Gasteiger partial charge is 0.462 e. The maximum absolute atomic E-state index is 15.2. The van der Waals surface area contributed by atoms with E-state index in [0.717, 1.165) is 12.1 Å². The molecule has 14 heteroatoms. The predicted molar refractivity (Wildman–Crippen MR) is 123 cm³/mol. The molecule has 38 heavy (non-hydrogen) atoms. The summed E-state index contributed by atoms with van der Waals surface area (Å²) < 4.78 is 75.3. The quantitative estimate of drug-likeness (QED) is 0.333. The molecule has 2 fully saturated rings. The molecule has 4 amide bonds. The van der Waals surface area contributed by atoms with Gasteiger partial charge in [-0.15, -0.1) is 13.2 Å². The van der Waals surface area contributed by atoms with Crippen LogP contribution < -0.4 is 25.6 Å². The Hall–Kier alpha value is -4.36. The Bertz CT molecular complexity index is 1430. The first-order valence-electron chi connectivity index (χ1n) is 11.4. The van der Waals surface area contributed by atoms with Crippen LogP contribution in [0, 0.1) is 11.6 Å². The minimum atomic E-state index is -4.98. The SMILES string of the molecule is O=C1CC[C@H](c2c(F)cc(N3CC(NC(=O)Nc4ccc(OC(F)(F)F)cc4F)C3)c3occc23)C(=O)N1. The number of carbonyl (C=O) groups excluding carboxylic acids is 3. The number of furan rings is 1. The Morgan fingerprint density at radius 3 is 2.55 bits per heavy atom. The van der Waals surface area contributed by atoms with Crippen molar-refractivity contribution in [2.75, 3.05) is 23.3 Å². The number of fused-ring (bicyclic) bond motifs is 1. The van der Waals surface area contributed by atoms with Crippen LogP contribution >= 0.6 is 0 Å². The maximum atomic E-state index is 15.2. The lowest BCUT2D eigenvalue weighted by atomic mass is 9.87. The average molecular weight is 538 g/mol. The third kappa shape index (κ3) is 5.06. The second-order valence-corrected chi connectivity index (χ2v) is 8.85. The minimum Gasteiger partial charge on any atom is -0.462 e. The van der Waals surface area contributed by atoms with E-state index in [1.165, 1.54) is 12.3 Å². The monoisotopic (exact) mass is 538 g/mol. The topological polar surface area (TPSA) is 113 Å². The lowest BCUT2D eigenvalue weighted by Crippen LogP contribution is -2.60. The number of piperidine rings is 1. The number of imide groups is 1. The van der Waals surface area contributed by atoms with Gasteiger partial charge >= 0.3 is 12.4 Å². The van der Waals surface area contributed by atoms with Gasteiger partial charge in [0.15, 0.2) is 5.58 Å². The molecule has 0 radical (unpaired) electrons. The standard InChI is InChI=1S/C24H19F5N4O5/c25-15-7-12(38-24(27,28)29)1-3-17(15)31-23(36)30-11-9-33(10-11)18-8-16(26)20(13-5-6-37-21(13)18)14-2-4-19(34)32-22(14)35/h1,3,5-8,11,14H,2,4,9-10H2,(H2,30,31,36)(H,32,34,35)/t14-/m1/s1. The number of rotatable bonds is 5. The highest BCUT2D eigenvalue weighted by atomic mass is 19.4. The van der Waals surface area contributed by atoms with E-state index in [9.17, 15) is 31.9 Å². The zero-order chi connectivity index (χ0) is 27.2. The molecule has 2 aromatic carbocycles. The first-order valence-corrected chi connectivity index (χ1v) is 11.4. The van der Waals surface area contributed by atoms with Gasteiger partial charge in [-0.2, -0.15) is 0 Å². The third-order valence-electron chi connectivity index (χ3n) is 6.28. The second kappa shape index (κ2) is 9.50. The van der Waals surface area contributed by atoms with Crippen molar-refractivity contribution in [1.29, 1.82) is 0 Å². The molecule has 2 aliphatic heterocycles. The number of carbonyl (C=O) groups is 3. The molecule has 9 nitrogen and oxygen atoms in total. The lowest BCUT2D eigenvalue weighted by molar-refractivity contribution is -0.274. The van der Waals surface area contributed by atoms with Gasteiger partial charge in [-0.25, -0.2) is 13.6 Å². The van der Waals surface area contributed by atoms with Gasteiger partial charge in [0.2, 0.25) is 11.8 Å². The van der Waals surface area contributed by atoms with Crippen LogP contribution in [-0.4, -0.2) is 43.3 Å². The van der Waals surface area contributed by atoms with Crippen molar-refractivity contribution in [2.45, 2.75) is 31.2 Å². The molecule has 0 unspecified atom stereocenters. The molecular formula is C24H19F5N4O5. The first kappa shape index (κ1) is 25.3. The molecule has 3 N–H and O–H groups in total. The number of hydrogen-bond acceptors (Lipinski definition) is 6. The fourth-order valence-electron chi connectivity index (χ4n) is 4.57. The Balaban J connectivity index is 1.23. The fraction of sp³-hybridized carbons (Fsp3) is 0.292. The highest BCUT2D eigenvalue weighted by molar-refractivity contribution is 6.04. The van der Waals surface area contributed by atoms with E-state index in [2.05, 4.69) is 20.7 Å². The molecule has 5 rings (SSSR count). The molecular weight excluding hydrogens is 519 g/mol. The van der Waals surface area contributed by atoms with Crippen molar-refractivity contribution < 1.29 is 45.5 Å². The van der Waals surface area contributed by atoms with Crippen molar-refractivity contribution in [3.63, 3.8) is 0 Å². The fourth-order valence-corrected chi connectivity index (χ4v) is 4.57. The normalized spacial score (nSPS) is 18.2. The summed E-state index contributed by atoms with van der Waals surface area (Å²) in [5.74, 6) is -4.35. The summed E-state index contributed by atoms with van der Waals surface area (Å²) in [7, 11) is 0. The Morgan fingerprint density at radius 2 is 1.87 bits per heavy atom. The molecule has 3 heterocycles. The van der Waals surface area contributed by atoms with Crippen LogP contribution in [0.3, 0.4) is 0 Å². The van der Waals surface area contributed by atoms with Crippen LogP contribution in [-0.2, 0) is 9.59 Å². The van der Waals surface area contributed by atoms with Gasteiger partial charge in [0, 0.05) is 42.6 Å². The Kier molecular flexibility index (Phi) is 6.33. The molecule has 2 saturated heterocycles. The molecule has 0 bridgehead atoms. The summed E-state index contributed by atoms with van der Waals surface area (Å²) in [6.07, 6.45) is -3.35. The number of benzene rings is 2. The molecule has 1 atom stereocenters. The Morgan fingerprint density at radius 1 is 1.11 bits per heavy atom. The van der Waals surface area contributed by atoms with Crippen molar-refractivity contribution in [2.24, 2.45) is 0 Å². The minimum absolute atomic E-state index is 0.0911. The summed E-state index contributed by atoms with van der Waals surface area (Å²) in [4.78, 5) is 37.8. The van der Waals surface area contributed by atoms with E-state index < -0.39 is 53.6 Å². The number of halogens is 5. The summed E-state index contributed by atoms with van der Waals surface area (Å²) in [5.41, 5.74) is 0.544. The van der Waals surface area contributed by atoms with Crippen LogP contribution in [0.4, 0.5) is 38.1 Å². The number of hydrogen-bond donors (Lipinski definition) is 3. The second-order valence-electron chi connectivity index (χ2n) is 8.85. The summed E-state index contributed by atoms with van der Waals surface area (Å²) >= 11 is 0. The molecule has 2 aliphatic rings. The zero-order valence-electron chi connectivity index (χ0n) is 19.3. The largest absolute Gasteiger partial charge is 0.573 e. The molecule has 0 spiro atoms. The molecule has 3 aromatic rings. The van der Waals surface area contributed by atoms with E-state index in [4.69, 9.17) is 4.42 Å². The molecule has 200 valence electrons. The maximum Gasteiger partial charge on any atom is 0.573 e. The summed E-state index contributed by atoms with van der Waals surface area (Å²) in [6.45, 7) is 0.503. The van der Waals surface area contributed by atoms with Crippen LogP contribution in [0.5, 0.6) is 5.75 Å². The van der Waals surface area contributed by atoms with Crippen LogP contribution in [0.25, 0.3) is 11.0 Å². The number of alkyl halides is 3. The number of anilines is 2. The lowest BCUT2D eigenvalue weighted by Gasteiger charge is -2.41. The van der Waals surface area contributed by atoms with Crippen molar-refractivity contribution in [1.82, 2.24) is 10.6 Å². The Labute approximate surface area is 210 Å². The number of nitrogens with one attached hydrogen (secondary N) is 3. The average Bonchev–Trinajstić information content (AvgIpc) is 3.27. The van der Waals surface area contributed by atoms with Crippen molar-refractivity contribution >= 4 is 40.2 Å². The van der Waals surface area contributed by atoms with Crippen molar-refractivity contribution in [3.8, 4) is 5.75 Å². The van der Waals surface area contributed by atoms with Gasteiger partial charge in [-0.05, 0) is 24.6 Å². The number of ether oxygens (including phenoxy) is 1. The van der Waals surface area contributed by atoms with E-state index in [0.29, 0.717) is 22.7 Å². The molecule has 0 saturated carbocycles. The van der Waals surface area contributed by atoms with Gasteiger partial charge in [0.25, 0.3) is 0 Å². The number of urea groups is 1. The van der Waals surface area contributed by atoms with Crippen LogP contribution in [0.1, 0.15) is 24.3 Å². The number of nitrogens with zero attached hydrogens (tertiary/aromatic N) is 1. The highest BCUT2D eigenvalue weighted by Crippen LogP contribution is 2.39. The number of amides is 4. The van der Waals surface area contributed by atoms with Gasteiger partial charge in [-0.1, -0.05) is 0 Å². The van der Waals surface area contributed by atoms with E-state index >= 15 is 4.39 Å². The van der Waals surface area contributed by atoms with Gasteiger partial charge in [0.05, 0.1) is 29.6 Å². The highest BCUT2D eigenvalue weighted by Gasteiger charge is 2.36. The third-order valence-corrected chi connectivity index (χ3v) is 6.28. The van der Waals surface area contributed by atoms with Gasteiger partial charge < -0.3 is 24.7 Å². The van der Waals surface area contributed by atoms with Crippen LogP contribution in [0.2, 0.25) is 0 Å². The molecule has 0 aliphatic carbocycles. The summed E-state index contributed by atoms with van der Waals surface area (Å²) in [5, 5.41) is 7.44. The summed E-state index contributed by atoms with van der Waals surface area (Å²) in [6, 6.07) is 3.87. The van der Waals surface area contributed by atoms with Gasteiger partial charge in [-0.3, -0.25) is 14.9 Å². The zero-order valence-corrected chi connectivity index (χ0v) is 19.3. The molecule has 1 aromatic heterocycles. The first-order chi connectivity index (χ1) is 18.0. The van der Waals surface area contributed by atoms with E-state index in [1.807, 2.05) is 0 Å². The van der Waals surface area contributed by atoms with E-state index in [-0.39, 0.29) is 37.2 Å². The van der Waals surface area contributed by atoms with Crippen LogP contribution in [0.15, 0.2) is 41.0 Å². The van der Waals surface area contributed by atoms with Crippen molar-refractivity contribution in [3.05, 3.63) is 53.8 Å². The van der Waals surface area contributed by atoms with Gasteiger partial charge in [0.1, 0.15) is 17.4 Å².